The van der Waals surface area contributed by atoms with Crippen LogP contribution in [0.4, 0.5) is 0 Å². The molecule has 4 heteroatoms. The normalized spacial score (nSPS) is 10.4. The third-order valence-corrected chi connectivity index (χ3v) is 6.01. The first-order valence-electron chi connectivity index (χ1n) is 12.5. The van der Waals surface area contributed by atoms with Crippen LogP contribution in [0.3, 0.4) is 0 Å². The molecule has 4 nitrogen and oxygen atoms in total. The lowest BCUT2D eigenvalue weighted by atomic mass is 10.0. The molecule has 0 atom stereocenters. The number of carbonyl (C=O) groups is 1. The summed E-state index contributed by atoms with van der Waals surface area (Å²) in [5.74, 6) is -0.547. The van der Waals surface area contributed by atoms with E-state index >= 15 is 0 Å². The molecule has 5 aromatic rings. The molecule has 190 valence electrons. The molecule has 0 saturated heterocycles. The number of carbonyl (C=O) groups excluding carboxylic acids is 1. The van der Waals surface area contributed by atoms with Crippen LogP contribution >= 0.6 is 0 Å². The van der Waals surface area contributed by atoms with Crippen molar-refractivity contribution in [1.29, 1.82) is 0 Å². The molecular formula is C34H31NO3. The van der Waals surface area contributed by atoms with Crippen LogP contribution in [0.15, 0.2) is 140 Å². The summed E-state index contributed by atoms with van der Waals surface area (Å²) >= 11 is 0. The van der Waals surface area contributed by atoms with Gasteiger partial charge >= 0.3 is 0 Å². The quantitative estimate of drug-likeness (QED) is 0.220. The number of phenolic OH excluding ortho intramolecular Hbond substituents is 2. The van der Waals surface area contributed by atoms with Gasteiger partial charge in [-0.1, -0.05) is 121 Å². The SMILES string of the molecule is O=C(c1ccccc1)c1ccc(O)cc1O.c1ccc(CN(Cc2ccccc2)Cc2ccccc2)cc1. The van der Waals surface area contributed by atoms with Crippen molar-refractivity contribution in [2.24, 2.45) is 0 Å². The van der Waals surface area contributed by atoms with E-state index in [1.807, 2.05) is 6.07 Å². The van der Waals surface area contributed by atoms with Crippen LogP contribution in [0.2, 0.25) is 0 Å². The van der Waals surface area contributed by atoms with Gasteiger partial charge in [-0.25, -0.2) is 0 Å². The second-order valence-electron chi connectivity index (χ2n) is 9.00. The topological polar surface area (TPSA) is 60.8 Å². The van der Waals surface area contributed by atoms with E-state index in [4.69, 9.17) is 5.11 Å². The molecule has 0 heterocycles. The van der Waals surface area contributed by atoms with Gasteiger partial charge in [-0.2, -0.15) is 0 Å². The Morgan fingerprint density at radius 2 is 0.921 bits per heavy atom. The van der Waals surface area contributed by atoms with Crippen molar-refractivity contribution < 1.29 is 15.0 Å². The van der Waals surface area contributed by atoms with Crippen LogP contribution in [0.25, 0.3) is 0 Å². The van der Waals surface area contributed by atoms with Gasteiger partial charge in [0, 0.05) is 31.3 Å². The first-order chi connectivity index (χ1) is 18.6. The molecule has 0 aliphatic heterocycles. The third-order valence-electron chi connectivity index (χ3n) is 6.01. The predicted octanol–water partition coefficient (Wildman–Crippen LogP) is 7.22. The minimum Gasteiger partial charge on any atom is -0.508 e. The Morgan fingerprint density at radius 1 is 0.526 bits per heavy atom. The highest BCUT2D eigenvalue weighted by Crippen LogP contribution is 2.24. The summed E-state index contributed by atoms with van der Waals surface area (Å²) < 4.78 is 0. The number of phenols is 2. The maximum absolute atomic E-state index is 11.9. The lowest BCUT2D eigenvalue weighted by Gasteiger charge is -2.23. The highest BCUT2D eigenvalue weighted by molar-refractivity contribution is 6.10. The Labute approximate surface area is 224 Å². The largest absolute Gasteiger partial charge is 0.508 e. The molecule has 2 N–H and O–H groups in total. The molecule has 0 fully saturated rings. The maximum Gasteiger partial charge on any atom is 0.196 e. The van der Waals surface area contributed by atoms with Crippen molar-refractivity contribution in [2.45, 2.75) is 19.6 Å². The Balaban J connectivity index is 0.000000186. The first-order valence-corrected chi connectivity index (χ1v) is 12.5. The number of rotatable bonds is 8. The van der Waals surface area contributed by atoms with Gasteiger partial charge in [0.2, 0.25) is 0 Å². The Hall–Kier alpha value is -4.67. The number of hydrogen-bond donors (Lipinski definition) is 2. The molecule has 38 heavy (non-hydrogen) atoms. The van der Waals surface area contributed by atoms with Crippen molar-refractivity contribution >= 4 is 5.78 Å². The van der Waals surface area contributed by atoms with E-state index in [-0.39, 0.29) is 22.8 Å². The smallest absolute Gasteiger partial charge is 0.196 e. The summed E-state index contributed by atoms with van der Waals surface area (Å²) in [6.45, 7) is 2.89. The first kappa shape index (κ1) is 26.4. The molecule has 0 aliphatic carbocycles. The number of aromatic hydroxyl groups is 2. The summed E-state index contributed by atoms with van der Waals surface area (Å²) in [6.07, 6.45) is 0. The lowest BCUT2D eigenvalue weighted by molar-refractivity contribution is 0.103. The van der Waals surface area contributed by atoms with Crippen LogP contribution in [0, 0.1) is 0 Å². The second-order valence-corrected chi connectivity index (χ2v) is 9.00. The monoisotopic (exact) mass is 501 g/mol. The number of ketones is 1. The van der Waals surface area contributed by atoms with Crippen LogP contribution in [0.1, 0.15) is 32.6 Å². The molecule has 0 unspecified atom stereocenters. The van der Waals surface area contributed by atoms with E-state index < -0.39 is 0 Å². The molecule has 0 amide bonds. The fourth-order valence-electron chi connectivity index (χ4n) is 4.15. The Kier molecular flexibility index (Phi) is 9.44. The van der Waals surface area contributed by atoms with Crippen molar-refractivity contribution in [2.75, 3.05) is 0 Å². The van der Waals surface area contributed by atoms with E-state index in [1.165, 1.54) is 28.8 Å². The Bertz CT molecular complexity index is 1310. The van der Waals surface area contributed by atoms with Gasteiger partial charge in [0.15, 0.2) is 5.78 Å². The van der Waals surface area contributed by atoms with Crippen molar-refractivity contribution in [3.8, 4) is 11.5 Å². The van der Waals surface area contributed by atoms with Crippen LogP contribution in [0.5, 0.6) is 11.5 Å². The fourth-order valence-corrected chi connectivity index (χ4v) is 4.15. The summed E-state index contributed by atoms with van der Waals surface area (Å²) in [7, 11) is 0. The fraction of sp³-hybridized carbons (Fsp3) is 0.0882. The van der Waals surface area contributed by atoms with Crippen molar-refractivity contribution in [3.63, 3.8) is 0 Å². The number of hydrogen-bond acceptors (Lipinski definition) is 4. The van der Waals surface area contributed by atoms with Gasteiger partial charge in [0.25, 0.3) is 0 Å². The van der Waals surface area contributed by atoms with Crippen LogP contribution < -0.4 is 0 Å². The summed E-state index contributed by atoms with van der Waals surface area (Å²) in [6, 6.07) is 44.7. The number of benzene rings is 5. The molecule has 5 rings (SSSR count). The van der Waals surface area contributed by atoms with Gasteiger partial charge in [-0.15, -0.1) is 0 Å². The van der Waals surface area contributed by atoms with E-state index in [9.17, 15) is 9.90 Å². The predicted molar refractivity (Wildman–Crippen MR) is 152 cm³/mol. The molecule has 0 spiro atoms. The molecule has 0 saturated carbocycles. The molecular weight excluding hydrogens is 470 g/mol. The van der Waals surface area contributed by atoms with Gasteiger partial charge in [-0.05, 0) is 28.8 Å². The molecule has 0 bridgehead atoms. The summed E-state index contributed by atoms with van der Waals surface area (Å²) in [4.78, 5) is 14.4. The highest BCUT2D eigenvalue weighted by atomic mass is 16.3. The van der Waals surface area contributed by atoms with Crippen molar-refractivity contribution in [1.82, 2.24) is 4.90 Å². The minimum atomic E-state index is -0.266. The molecule has 0 aromatic heterocycles. The van der Waals surface area contributed by atoms with Gasteiger partial charge in [0.05, 0.1) is 5.56 Å². The maximum atomic E-state index is 11.9. The number of nitrogens with zero attached hydrogens (tertiary/aromatic N) is 1. The molecule has 0 aliphatic rings. The Morgan fingerprint density at radius 3 is 1.32 bits per heavy atom. The minimum absolute atomic E-state index is 0.0675. The second kappa shape index (κ2) is 13.6. The van der Waals surface area contributed by atoms with Gasteiger partial charge in [-0.3, -0.25) is 9.69 Å². The average Bonchev–Trinajstić information content (AvgIpc) is 2.95. The van der Waals surface area contributed by atoms with E-state index in [0.29, 0.717) is 5.56 Å². The summed E-state index contributed by atoms with van der Waals surface area (Å²) in [5, 5.41) is 18.7. The highest BCUT2D eigenvalue weighted by Gasteiger charge is 2.13. The zero-order chi connectivity index (χ0) is 26.6. The zero-order valence-corrected chi connectivity index (χ0v) is 21.2. The van der Waals surface area contributed by atoms with E-state index in [2.05, 4.69) is 95.9 Å². The van der Waals surface area contributed by atoms with Crippen molar-refractivity contribution in [3.05, 3.63) is 167 Å². The zero-order valence-electron chi connectivity index (χ0n) is 21.2. The van der Waals surface area contributed by atoms with Gasteiger partial charge in [0.1, 0.15) is 11.5 Å². The summed E-state index contributed by atoms with van der Waals surface area (Å²) in [5.41, 5.74) is 4.76. The average molecular weight is 502 g/mol. The van der Waals surface area contributed by atoms with Crippen LogP contribution in [-0.4, -0.2) is 20.9 Å². The molecule has 0 radical (unpaired) electrons. The molecule has 5 aromatic carbocycles. The van der Waals surface area contributed by atoms with E-state index in [1.54, 1.807) is 24.3 Å². The lowest BCUT2D eigenvalue weighted by Crippen LogP contribution is -2.22. The third kappa shape index (κ3) is 7.92. The standard InChI is InChI=1S/C21H21N.C13H10O3/c1-4-10-19(11-5-1)16-22(17-20-12-6-2-7-13-20)18-21-14-8-3-9-15-21;14-10-6-7-11(12(15)8-10)13(16)9-4-2-1-3-5-9/h1-15H,16-18H2;1-8,14-15H. The van der Waals surface area contributed by atoms with E-state index in [0.717, 1.165) is 25.7 Å². The van der Waals surface area contributed by atoms with Crippen LogP contribution in [-0.2, 0) is 19.6 Å². The van der Waals surface area contributed by atoms with Gasteiger partial charge < -0.3 is 10.2 Å².